The third-order valence-corrected chi connectivity index (χ3v) is 5.96. The molecule has 0 aromatic heterocycles. The molecule has 2 aliphatic rings. The van der Waals surface area contributed by atoms with E-state index in [1.54, 1.807) is 20.3 Å². The molecule has 142 valence electrons. The molecule has 6 heteroatoms. The first-order valence-corrected chi connectivity index (χ1v) is 9.13. The minimum absolute atomic E-state index is 0.0804. The highest BCUT2D eigenvalue weighted by molar-refractivity contribution is 5.80. The van der Waals surface area contributed by atoms with Gasteiger partial charge in [0.2, 0.25) is 11.8 Å². The van der Waals surface area contributed by atoms with Gasteiger partial charge in [-0.05, 0) is 30.7 Å². The molecule has 2 fully saturated rings. The zero-order valence-corrected chi connectivity index (χ0v) is 16.0. The van der Waals surface area contributed by atoms with Crippen LogP contribution in [0.15, 0.2) is 18.2 Å². The van der Waals surface area contributed by atoms with Crippen molar-refractivity contribution in [3.8, 4) is 11.5 Å². The Hall–Kier alpha value is -2.24. The van der Waals surface area contributed by atoms with E-state index in [0.717, 1.165) is 24.9 Å². The summed E-state index contributed by atoms with van der Waals surface area (Å²) in [6.07, 6.45) is 2.82. The summed E-state index contributed by atoms with van der Waals surface area (Å²) in [6, 6.07) is 5.73. The molecule has 1 aliphatic carbocycles. The number of benzene rings is 1. The lowest BCUT2D eigenvalue weighted by Crippen LogP contribution is -2.40. The summed E-state index contributed by atoms with van der Waals surface area (Å²) < 4.78 is 10.6. The van der Waals surface area contributed by atoms with Crippen LogP contribution < -0.4 is 9.47 Å². The number of hydrogen-bond acceptors (Lipinski definition) is 4. The number of likely N-dealkylation sites (N-methyl/N-ethyl adjacent to an activating group) is 1. The van der Waals surface area contributed by atoms with Crippen LogP contribution in [0.25, 0.3) is 0 Å². The number of likely N-dealkylation sites (tertiary alicyclic amines) is 1. The predicted molar refractivity (Wildman–Crippen MR) is 98.3 cm³/mol. The Morgan fingerprint density at radius 2 is 1.96 bits per heavy atom. The normalized spacial score (nSPS) is 25.0. The maximum absolute atomic E-state index is 12.8. The molecule has 6 nitrogen and oxygen atoms in total. The Labute approximate surface area is 155 Å². The zero-order chi connectivity index (χ0) is 18.8. The van der Waals surface area contributed by atoms with E-state index >= 15 is 0 Å². The summed E-state index contributed by atoms with van der Waals surface area (Å²) in [4.78, 5) is 28.4. The number of methoxy groups -OCH3 is 2. The molecular formula is C20H28N2O4. The van der Waals surface area contributed by atoms with Gasteiger partial charge in [0.15, 0.2) is 0 Å². The van der Waals surface area contributed by atoms with Crippen LogP contribution in [0, 0.1) is 11.8 Å². The van der Waals surface area contributed by atoms with Crippen LogP contribution in [-0.2, 0) is 16.0 Å². The number of amides is 2. The van der Waals surface area contributed by atoms with Crippen LogP contribution in [0.1, 0.15) is 24.8 Å². The van der Waals surface area contributed by atoms with Gasteiger partial charge in [-0.2, -0.15) is 0 Å². The lowest BCUT2D eigenvalue weighted by atomic mass is 9.88. The average Bonchev–Trinajstić information content (AvgIpc) is 3.04. The predicted octanol–water partition coefficient (Wildman–Crippen LogP) is 1.96. The minimum atomic E-state index is 0.0804. The molecule has 0 bridgehead atoms. The van der Waals surface area contributed by atoms with Crippen molar-refractivity contribution >= 4 is 11.8 Å². The fourth-order valence-electron chi connectivity index (χ4n) is 4.29. The molecule has 1 aliphatic heterocycles. The van der Waals surface area contributed by atoms with Crippen molar-refractivity contribution in [2.45, 2.75) is 31.7 Å². The summed E-state index contributed by atoms with van der Waals surface area (Å²) in [5.74, 6) is 2.60. The van der Waals surface area contributed by atoms with Gasteiger partial charge in [-0.25, -0.2) is 0 Å². The molecule has 1 aromatic carbocycles. The van der Waals surface area contributed by atoms with E-state index in [9.17, 15) is 9.59 Å². The van der Waals surface area contributed by atoms with Gasteiger partial charge in [0, 0.05) is 44.7 Å². The van der Waals surface area contributed by atoms with E-state index in [0.29, 0.717) is 36.2 Å². The van der Waals surface area contributed by atoms with Gasteiger partial charge < -0.3 is 19.3 Å². The van der Waals surface area contributed by atoms with Gasteiger partial charge in [0.05, 0.1) is 20.6 Å². The first kappa shape index (κ1) is 18.5. The Morgan fingerprint density at radius 1 is 1.23 bits per heavy atom. The third kappa shape index (κ3) is 3.64. The van der Waals surface area contributed by atoms with Gasteiger partial charge >= 0.3 is 0 Å². The Bertz CT molecular complexity index is 690. The molecule has 0 radical (unpaired) electrons. The van der Waals surface area contributed by atoms with Crippen molar-refractivity contribution in [2.75, 3.05) is 34.9 Å². The first-order valence-electron chi connectivity index (χ1n) is 9.13. The lowest BCUT2D eigenvalue weighted by molar-refractivity contribution is -0.135. The summed E-state index contributed by atoms with van der Waals surface area (Å²) in [7, 11) is 6.96. The molecule has 1 heterocycles. The molecule has 0 spiro atoms. The number of hydrogen-bond donors (Lipinski definition) is 0. The molecule has 2 amide bonds. The highest BCUT2D eigenvalue weighted by Crippen LogP contribution is 2.40. The molecule has 0 unspecified atom stereocenters. The van der Waals surface area contributed by atoms with Gasteiger partial charge in [0.25, 0.3) is 0 Å². The molecule has 1 saturated heterocycles. The van der Waals surface area contributed by atoms with Crippen LogP contribution in [0.5, 0.6) is 11.5 Å². The first-order chi connectivity index (χ1) is 12.4. The second-order valence-electron chi connectivity index (χ2n) is 7.48. The standard InChI is InChI=1S/C20H28N2O4/c1-21-12-15-8-16(7-14(15)10-19(21)23)22(2)20(24)9-13-5-6-17(25-3)11-18(13)26-4/h5-6,11,14-16H,7-10,12H2,1-4H3/t14-,15+,16-/m1/s1. The zero-order valence-electron chi connectivity index (χ0n) is 16.0. The topological polar surface area (TPSA) is 59.1 Å². The lowest BCUT2D eigenvalue weighted by Gasteiger charge is -2.31. The molecule has 1 saturated carbocycles. The van der Waals surface area contributed by atoms with Gasteiger partial charge in [-0.3, -0.25) is 9.59 Å². The van der Waals surface area contributed by atoms with Gasteiger partial charge in [-0.1, -0.05) is 6.07 Å². The molecule has 3 rings (SSSR count). The summed E-state index contributed by atoms with van der Waals surface area (Å²) >= 11 is 0. The van der Waals surface area contributed by atoms with E-state index in [1.807, 2.05) is 36.0 Å². The fourth-order valence-corrected chi connectivity index (χ4v) is 4.29. The second kappa shape index (κ2) is 7.56. The maximum Gasteiger partial charge on any atom is 0.227 e. The number of fused-ring (bicyclic) bond motifs is 1. The summed E-state index contributed by atoms with van der Waals surface area (Å²) in [5, 5.41) is 0. The SMILES string of the molecule is COc1ccc(CC(=O)N(C)[C@@H]2C[C@@H]3CC(=O)N(C)C[C@@H]3C2)c(OC)c1. The maximum atomic E-state index is 12.8. The fraction of sp³-hybridized carbons (Fsp3) is 0.600. The smallest absolute Gasteiger partial charge is 0.227 e. The van der Waals surface area contributed by atoms with Crippen LogP contribution in [0.4, 0.5) is 0 Å². The number of carbonyl (C=O) groups is 2. The molecule has 0 N–H and O–H groups in total. The summed E-state index contributed by atoms with van der Waals surface area (Å²) in [5.41, 5.74) is 0.857. The van der Waals surface area contributed by atoms with Crippen molar-refractivity contribution in [2.24, 2.45) is 11.8 Å². The van der Waals surface area contributed by atoms with Crippen molar-refractivity contribution in [3.05, 3.63) is 23.8 Å². The molecular weight excluding hydrogens is 332 g/mol. The average molecular weight is 360 g/mol. The van der Waals surface area contributed by atoms with Crippen molar-refractivity contribution in [1.82, 2.24) is 9.80 Å². The van der Waals surface area contributed by atoms with Gasteiger partial charge in [-0.15, -0.1) is 0 Å². The van der Waals surface area contributed by atoms with Crippen molar-refractivity contribution in [3.63, 3.8) is 0 Å². The third-order valence-electron chi connectivity index (χ3n) is 5.96. The van der Waals surface area contributed by atoms with E-state index < -0.39 is 0 Å². The van der Waals surface area contributed by atoms with Crippen LogP contribution in [0.3, 0.4) is 0 Å². The number of piperidine rings is 1. The van der Waals surface area contributed by atoms with Crippen molar-refractivity contribution < 1.29 is 19.1 Å². The molecule has 3 atom stereocenters. The number of rotatable bonds is 5. The van der Waals surface area contributed by atoms with Crippen LogP contribution >= 0.6 is 0 Å². The quantitative estimate of drug-likeness (QED) is 0.805. The monoisotopic (exact) mass is 360 g/mol. The van der Waals surface area contributed by atoms with Gasteiger partial charge in [0.1, 0.15) is 11.5 Å². The largest absolute Gasteiger partial charge is 0.497 e. The van der Waals surface area contributed by atoms with Crippen LogP contribution in [0.2, 0.25) is 0 Å². The van der Waals surface area contributed by atoms with E-state index in [-0.39, 0.29) is 17.9 Å². The van der Waals surface area contributed by atoms with Crippen LogP contribution in [-0.4, -0.2) is 62.5 Å². The second-order valence-corrected chi connectivity index (χ2v) is 7.48. The highest BCUT2D eigenvalue weighted by atomic mass is 16.5. The van der Waals surface area contributed by atoms with E-state index in [2.05, 4.69) is 0 Å². The molecule has 26 heavy (non-hydrogen) atoms. The molecule has 1 aromatic rings. The number of carbonyl (C=O) groups excluding carboxylic acids is 2. The number of nitrogens with zero attached hydrogens (tertiary/aromatic N) is 2. The minimum Gasteiger partial charge on any atom is -0.497 e. The summed E-state index contributed by atoms with van der Waals surface area (Å²) in [6.45, 7) is 0.814. The Balaban J connectivity index is 1.65. The Morgan fingerprint density at radius 3 is 2.65 bits per heavy atom. The number of ether oxygens (including phenoxy) is 2. The van der Waals surface area contributed by atoms with Crippen molar-refractivity contribution in [1.29, 1.82) is 0 Å². The highest BCUT2D eigenvalue weighted by Gasteiger charge is 2.42. The van der Waals surface area contributed by atoms with E-state index in [4.69, 9.17) is 9.47 Å². The van der Waals surface area contributed by atoms with E-state index in [1.165, 1.54) is 0 Å². The Kier molecular flexibility index (Phi) is 5.39.